The molecule has 0 bridgehead atoms. The number of benzene rings is 1. The van der Waals surface area contributed by atoms with Crippen molar-refractivity contribution in [1.82, 2.24) is 10.3 Å². The molecule has 0 spiro atoms. The standard InChI is InChI=1S/C22H27N3O6/c1-12-6-16(30-11-15-4-5-15)7-13(2)20(12)21(27)25-17-9-23-19(8-18(17)26)31-10-14(3)24-22(28)29/h6-9,14-15,24H,4-5,10-11H2,1-3H3,(H,23,26)(H,25,27)(H,28,29)/t14-/m0/s1. The highest BCUT2D eigenvalue weighted by atomic mass is 16.5. The van der Waals surface area contributed by atoms with Crippen LogP contribution in [0.1, 0.15) is 41.3 Å². The maximum absolute atomic E-state index is 12.8. The number of carbonyl (C=O) groups excluding carboxylic acids is 1. The molecule has 31 heavy (non-hydrogen) atoms. The zero-order valence-electron chi connectivity index (χ0n) is 17.8. The molecular formula is C22H27N3O6. The van der Waals surface area contributed by atoms with E-state index in [9.17, 15) is 14.7 Å². The van der Waals surface area contributed by atoms with E-state index >= 15 is 0 Å². The third-order valence-corrected chi connectivity index (χ3v) is 4.87. The summed E-state index contributed by atoms with van der Waals surface area (Å²) in [5, 5.41) is 23.8. The Balaban J connectivity index is 1.63. The molecule has 2 amide bonds. The lowest BCUT2D eigenvalue weighted by atomic mass is 10.0. The van der Waals surface area contributed by atoms with E-state index in [2.05, 4.69) is 15.6 Å². The van der Waals surface area contributed by atoms with Crippen molar-refractivity contribution >= 4 is 17.7 Å². The van der Waals surface area contributed by atoms with Gasteiger partial charge in [-0.3, -0.25) is 4.79 Å². The zero-order valence-corrected chi connectivity index (χ0v) is 17.8. The smallest absolute Gasteiger partial charge is 0.404 e. The van der Waals surface area contributed by atoms with Crippen LogP contribution in [0.25, 0.3) is 0 Å². The van der Waals surface area contributed by atoms with E-state index in [1.54, 1.807) is 6.92 Å². The second-order valence-electron chi connectivity index (χ2n) is 7.84. The number of hydrogen-bond acceptors (Lipinski definition) is 6. The zero-order chi connectivity index (χ0) is 22.5. The molecule has 4 N–H and O–H groups in total. The number of amides is 2. The summed E-state index contributed by atoms with van der Waals surface area (Å²) in [6.45, 7) is 6.05. The number of nitrogens with one attached hydrogen (secondary N) is 2. The maximum atomic E-state index is 12.8. The van der Waals surface area contributed by atoms with Gasteiger partial charge in [-0.25, -0.2) is 9.78 Å². The van der Waals surface area contributed by atoms with Crippen LogP contribution in [0.2, 0.25) is 0 Å². The van der Waals surface area contributed by atoms with Crippen molar-refractivity contribution in [3.8, 4) is 17.4 Å². The number of aromatic nitrogens is 1. The molecule has 1 aromatic carbocycles. The minimum Gasteiger partial charge on any atom is -0.506 e. The monoisotopic (exact) mass is 429 g/mol. The molecule has 0 unspecified atom stereocenters. The molecule has 9 heteroatoms. The third kappa shape index (κ3) is 6.24. The Morgan fingerprint density at radius 1 is 1.19 bits per heavy atom. The molecule has 1 aliphatic rings. The number of rotatable bonds is 9. The fourth-order valence-electron chi connectivity index (χ4n) is 3.11. The van der Waals surface area contributed by atoms with Gasteiger partial charge in [-0.05, 0) is 62.8 Å². The summed E-state index contributed by atoms with van der Waals surface area (Å²) in [4.78, 5) is 27.5. The summed E-state index contributed by atoms with van der Waals surface area (Å²) in [7, 11) is 0. The molecule has 1 aliphatic carbocycles. The summed E-state index contributed by atoms with van der Waals surface area (Å²) in [6.07, 6.45) is 2.55. The van der Waals surface area contributed by atoms with Gasteiger partial charge in [0.05, 0.1) is 18.8 Å². The quantitative estimate of drug-likeness (QED) is 0.480. The SMILES string of the molecule is Cc1cc(OCC2CC2)cc(C)c1C(=O)Nc1cnc(OC[C@H](C)NC(=O)O)cc1O. The van der Waals surface area contributed by atoms with E-state index in [0.717, 1.165) is 16.9 Å². The van der Waals surface area contributed by atoms with Crippen molar-refractivity contribution in [2.45, 2.75) is 39.7 Å². The number of aryl methyl sites for hydroxylation is 2. The Hall–Kier alpha value is -3.49. The highest BCUT2D eigenvalue weighted by Crippen LogP contribution is 2.31. The predicted molar refractivity (Wildman–Crippen MR) is 114 cm³/mol. The predicted octanol–water partition coefficient (Wildman–Crippen LogP) is 3.48. The first-order chi connectivity index (χ1) is 14.7. The molecule has 0 saturated heterocycles. The second kappa shape index (κ2) is 9.55. The van der Waals surface area contributed by atoms with E-state index in [4.69, 9.17) is 14.6 Å². The van der Waals surface area contributed by atoms with Crippen LogP contribution >= 0.6 is 0 Å². The number of anilines is 1. The molecule has 1 atom stereocenters. The first-order valence-electron chi connectivity index (χ1n) is 10.1. The molecule has 1 heterocycles. The Morgan fingerprint density at radius 3 is 2.45 bits per heavy atom. The molecule has 3 rings (SSSR count). The van der Waals surface area contributed by atoms with E-state index in [-0.39, 0.29) is 29.8 Å². The number of nitrogens with zero attached hydrogens (tertiary/aromatic N) is 1. The van der Waals surface area contributed by atoms with Gasteiger partial charge in [0.1, 0.15) is 23.8 Å². The number of ether oxygens (including phenoxy) is 2. The first-order valence-corrected chi connectivity index (χ1v) is 10.1. The van der Waals surface area contributed by atoms with Gasteiger partial charge in [0.2, 0.25) is 5.88 Å². The van der Waals surface area contributed by atoms with Crippen molar-refractivity contribution < 1.29 is 29.3 Å². The maximum Gasteiger partial charge on any atom is 0.404 e. The molecule has 2 aromatic rings. The largest absolute Gasteiger partial charge is 0.506 e. The summed E-state index contributed by atoms with van der Waals surface area (Å²) in [6, 6.07) is 4.48. The van der Waals surface area contributed by atoms with E-state index in [0.29, 0.717) is 18.1 Å². The first kappa shape index (κ1) is 22.2. The van der Waals surface area contributed by atoms with E-state index in [1.165, 1.54) is 25.1 Å². The van der Waals surface area contributed by atoms with Gasteiger partial charge in [0, 0.05) is 11.6 Å². The van der Waals surface area contributed by atoms with E-state index in [1.807, 2.05) is 26.0 Å². The van der Waals surface area contributed by atoms with Crippen LogP contribution in [0.5, 0.6) is 17.4 Å². The minimum absolute atomic E-state index is 0.0397. The number of aromatic hydroxyl groups is 1. The fraction of sp³-hybridized carbons (Fsp3) is 0.409. The van der Waals surface area contributed by atoms with Crippen LogP contribution in [0.3, 0.4) is 0 Å². The van der Waals surface area contributed by atoms with Crippen LogP contribution in [0, 0.1) is 19.8 Å². The number of carboxylic acid groups (broad SMARTS) is 1. The second-order valence-corrected chi connectivity index (χ2v) is 7.84. The highest BCUT2D eigenvalue weighted by Gasteiger charge is 2.22. The molecule has 0 aliphatic heterocycles. The molecule has 9 nitrogen and oxygen atoms in total. The van der Waals surface area contributed by atoms with Gasteiger partial charge < -0.3 is 30.3 Å². The lowest BCUT2D eigenvalue weighted by Gasteiger charge is -2.15. The van der Waals surface area contributed by atoms with Crippen LogP contribution in [-0.2, 0) is 0 Å². The van der Waals surface area contributed by atoms with Crippen LogP contribution in [-0.4, -0.2) is 46.5 Å². The van der Waals surface area contributed by atoms with Crippen molar-refractivity contribution in [3.63, 3.8) is 0 Å². The van der Waals surface area contributed by atoms with Crippen LogP contribution in [0.15, 0.2) is 24.4 Å². The molecule has 1 aromatic heterocycles. The van der Waals surface area contributed by atoms with Gasteiger partial charge in [-0.15, -0.1) is 0 Å². The molecule has 1 saturated carbocycles. The Labute approximate surface area is 180 Å². The van der Waals surface area contributed by atoms with Crippen LogP contribution in [0.4, 0.5) is 10.5 Å². The van der Waals surface area contributed by atoms with Crippen LogP contribution < -0.4 is 20.1 Å². The van der Waals surface area contributed by atoms with Crippen molar-refractivity contribution in [1.29, 1.82) is 0 Å². The number of hydrogen-bond donors (Lipinski definition) is 4. The lowest BCUT2D eigenvalue weighted by Crippen LogP contribution is -2.35. The topological polar surface area (TPSA) is 130 Å². The van der Waals surface area contributed by atoms with Gasteiger partial charge >= 0.3 is 6.09 Å². The van der Waals surface area contributed by atoms with Gasteiger partial charge in [-0.2, -0.15) is 0 Å². The fourth-order valence-corrected chi connectivity index (χ4v) is 3.11. The van der Waals surface area contributed by atoms with E-state index < -0.39 is 12.1 Å². The molecule has 166 valence electrons. The Kier molecular flexibility index (Phi) is 6.84. The average molecular weight is 429 g/mol. The molecular weight excluding hydrogens is 402 g/mol. The lowest BCUT2D eigenvalue weighted by molar-refractivity contribution is 0.102. The van der Waals surface area contributed by atoms with Crippen molar-refractivity contribution in [2.75, 3.05) is 18.5 Å². The molecule has 1 fully saturated rings. The summed E-state index contributed by atoms with van der Waals surface area (Å²) >= 11 is 0. The summed E-state index contributed by atoms with van der Waals surface area (Å²) in [5.41, 5.74) is 2.19. The number of carbonyl (C=O) groups is 2. The average Bonchev–Trinajstić information content (AvgIpc) is 3.50. The Bertz CT molecular complexity index is 951. The molecule has 0 radical (unpaired) electrons. The highest BCUT2D eigenvalue weighted by molar-refractivity contribution is 6.07. The number of pyridine rings is 1. The normalized spacial score (nSPS) is 13.9. The summed E-state index contributed by atoms with van der Waals surface area (Å²) in [5.74, 6) is 0.920. The van der Waals surface area contributed by atoms with Gasteiger partial charge in [0.25, 0.3) is 5.91 Å². The van der Waals surface area contributed by atoms with Crippen molar-refractivity contribution in [2.24, 2.45) is 5.92 Å². The third-order valence-electron chi connectivity index (χ3n) is 4.87. The van der Waals surface area contributed by atoms with Gasteiger partial charge in [-0.1, -0.05) is 0 Å². The summed E-state index contributed by atoms with van der Waals surface area (Å²) < 4.78 is 11.2. The van der Waals surface area contributed by atoms with Crippen molar-refractivity contribution in [3.05, 3.63) is 41.1 Å². The minimum atomic E-state index is -1.15. The Morgan fingerprint density at radius 2 is 1.87 bits per heavy atom. The van der Waals surface area contributed by atoms with Gasteiger partial charge in [0.15, 0.2) is 0 Å².